The van der Waals surface area contributed by atoms with Gasteiger partial charge in [0.25, 0.3) is 0 Å². The number of aromatic nitrogens is 1. The van der Waals surface area contributed by atoms with Gasteiger partial charge in [0.05, 0.1) is 5.52 Å². The average molecular weight is 332 g/mol. The van der Waals surface area contributed by atoms with Crippen molar-refractivity contribution in [1.82, 2.24) is 4.98 Å². The summed E-state index contributed by atoms with van der Waals surface area (Å²) in [6.45, 7) is 6.42. The van der Waals surface area contributed by atoms with Crippen molar-refractivity contribution in [3.8, 4) is 5.75 Å². The molecule has 0 amide bonds. The van der Waals surface area contributed by atoms with E-state index in [-0.39, 0.29) is 11.7 Å². The van der Waals surface area contributed by atoms with Crippen LogP contribution < -0.4 is 5.73 Å². The molecule has 1 heterocycles. The quantitative estimate of drug-likeness (QED) is 0.703. The zero-order chi connectivity index (χ0) is 17.8. The molecule has 3 aromatic rings. The Morgan fingerprint density at radius 3 is 2.48 bits per heavy atom. The van der Waals surface area contributed by atoms with Crippen LogP contribution in [-0.4, -0.2) is 15.6 Å². The van der Waals surface area contributed by atoms with Crippen molar-refractivity contribution in [2.24, 2.45) is 11.7 Å². The van der Waals surface area contributed by atoms with Crippen LogP contribution in [0.4, 0.5) is 0 Å². The number of nitrogens with zero attached hydrogens (tertiary/aromatic N) is 1. The number of pyridine rings is 1. The predicted octanol–water partition coefficient (Wildman–Crippen LogP) is 4.16. The third-order valence-electron chi connectivity index (χ3n) is 6.38. The van der Waals surface area contributed by atoms with Crippen molar-refractivity contribution in [2.45, 2.75) is 38.1 Å². The van der Waals surface area contributed by atoms with E-state index < -0.39 is 11.0 Å². The summed E-state index contributed by atoms with van der Waals surface area (Å²) >= 11 is 0. The number of rotatable bonds is 1. The molecular formula is C22H24N2O. The fourth-order valence-corrected chi connectivity index (χ4v) is 4.36. The minimum atomic E-state index is -0.525. The third-order valence-corrected chi connectivity index (χ3v) is 6.38. The standard InChI is InChI=1S/C22H24N2O/c1-14-12-19-17(13-15-8-4-6-10-18(15)24-19)21(2,22(14,3)23)16-9-5-7-11-20(16)25/h4-11,13-14,25H,12,23H2,1-3H3. The topological polar surface area (TPSA) is 59.1 Å². The first-order valence-corrected chi connectivity index (χ1v) is 8.82. The van der Waals surface area contributed by atoms with Crippen molar-refractivity contribution < 1.29 is 5.11 Å². The Hall–Kier alpha value is -2.39. The molecule has 3 unspecified atom stereocenters. The van der Waals surface area contributed by atoms with Gasteiger partial charge in [-0.05, 0) is 49.9 Å². The van der Waals surface area contributed by atoms with Crippen LogP contribution >= 0.6 is 0 Å². The molecule has 0 fully saturated rings. The zero-order valence-electron chi connectivity index (χ0n) is 15.0. The van der Waals surface area contributed by atoms with Gasteiger partial charge >= 0.3 is 0 Å². The average Bonchev–Trinajstić information content (AvgIpc) is 2.59. The molecule has 1 aromatic heterocycles. The van der Waals surface area contributed by atoms with Gasteiger partial charge in [-0.25, -0.2) is 0 Å². The second-order valence-electron chi connectivity index (χ2n) is 7.71. The van der Waals surface area contributed by atoms with E-state index in [2.05, 4.69) is 32.9 Å². The molecule has 0 radical (unpaired) electrons. The Kier molecular flexibility index (Phi) is 3.41. The van der Waals surface area contributed by atoms with E-state index in [0.29, 0.717) is 0 Å². The molecule has 3 N–H and O–H groups in total. The van der Waals surface area contributed by atoms with Crippen molar-refractivity contribution in [3.05, 3.63) is 71.4 Å². The molecule has 2 aromatic carbocycles. The molecule has 128 valence electrons. The van der Waals surface area contributed by atoms with E-state index in [4.69, 9.17) is 10.7 Å². The van der Waals surface area contributed by atoms with Gasteiger partial charge in [-0.1, -0.05) is 43.3 Å². The monoisotopic (exact) mass is 332 g/mol. The summed E-state index contributed by atoms with van der Waals surface area (Å²) in [5.41, 5.74) is 9.96. The van der Waals surface area contributed by atoms with Crippen LogP contribution in [0.15, 0.2) is 54.6 Å². The summed E-state index contributed by atoms with van der Waals surface area (Å²) in [6, 6.07) is 17.9. The van der Waals surface area contributed by atoms with Gasteiger partial charge in [0.15, 0.2) is 0 Å². The van der Waals surface area contributed by atoms with Gasteiger partial charge in [-0.15, -0.1) is 0 Å². The van der Waals surface area contributed by atoms with Gasteiger partial charge in [-0.3, -0.25) is 4.98 Å². The van der Waals surface area contributed by atoms with Crippen LogP contribution in [0.5, 0.6) is 5.75 Å². The first-order chi connectivity index (χ1) is 11.9. The Labute approximate surface area is 148 Å². The minimum absolute atomic E-state index is 0.235. The number of aromatic hydroxyl groups is 1. The second-order valence-corrected chi connectivity index (χ2v) is 7.71. The predicted molar refractivity (Wildman–Crippen MR) is 102 cm³/mol. The highest BCUT2D eigenvalue weighted by atomic mass is 16.3. The summed E-state index contributed by atoms with van der Waals surface area (Å²) in [7, 11) is 0. The maximum atomic E-state index is 10.6. The van der Waals surface area contributed by atoms with E-state index in [1.807, 2.05) is 36.4 Å². The molecule has 25 heavy (non-hydrogen) atoms. The number of fused-ring (bicyclic) bond motifs is 2. The Balaban J connectivity index is 2.09. The summed E-state index contributed by atoms with van der Waals surface area (Å²) in [4.78, 5) is 4.95. The van der Waals surface area contributed by atoms with Crippen LogP contribution in [0.2, 0.25) is 0 Å². The van der Waals surface area contributed by atoms with Crippen LogP contribution in [0.3, 0.4) is 0 Å². The molecule has 3 nitrogen and oxygen atoms in total. The molecule has 0 spiro atoms. The van der Waals surface area contributed by atoms with Crippen molar-refractivity contribution in [1.29, 1.82) is 0 Å². The van der Waals surface area contributed by atoms with Crippen molar-refractivity contribution >= 4 is 10.9 Å². The van der Waals surface area contributed by atoms with Crippen LogP contribution in [0.25, 0.3) is 10.9 Å². The molecule has 3 atom stereocenters. The van der Waals surface area contributed by atoms with E-state index in [9.17, 15) is 5.11 Å². The lowest BCUT2D eigenvalue weighted by Crippen LogP contribution is -2.62. The van der Waals surface area contributed by atoms with Crippen LogP contribution in [-0.2, 0) is 11.8 Å². The lowest BCUT2D eigenvalue weighted by molar-refractivity contribution is 0.185. The molecule has 0 aliphatic heterocycles. The fraction of sp³-hybridized carbons (Fsp3) is 0.318. The van der Waals surface area contributed by atoms with E-state index in [1.54, 1.807) is 6.07 Å². The number of benzene rings is 2. The molecule has 0 saturated carbocycles. The lowest BCUT2D eigenvalue weighted by Gasteiger charge is -2.52. The van der Waals surface area contributed by atoms with Crippen LogP contribution in [0.1, 0.15) is 37.6 Å². The fourth-order valence-electron chi connectivity index (χ4n) is 4.36. The molecular weight excluding hydrogens is 308 g/mol. The van der Waals surface area contributed by atoms with E-state index >= 15 is 0 Å². The number of phenols is 1. The molecule has 3 heteroatoms. The zero-order valence-corrected chi connectivity index (χ0v) is 15.0. The summed E-state index contributed by atoms with van der Waals surface area (Å²) in [5.74, 6) is 0.521. The maximum absolute atomic E-state index is 10.6. The molecule has 4 rings (SSSR count). The SMILES string of the molecule is CC1Cc2nc3ccccc3cc2C(C)(c2ccccc2O)C1(C)N. The second kappa shape index (κ2) is 5.30. The lowest BCUT2D eigenvalue weighted by atomic mass is 9.54. The van der Waals surface area contributed by atoms with Gasteiger partial charge < -0.3 is 10.8 Å². The highest BCUT2D eigenvalue weighted by molar-refractivity contribution is 5.80. The summed E-state index contributed by atoms with van der Waals surface area (Å²) in [5, 5.41) is 11.7. The number of phenolic OH excluding ortho intramolecular Hbond substituents is 1. The number of para-hydroxylation sites is 2. The Bertz CT molecular complexity index is 963. The first-order valence-electron chi connectivity index (χ1n) is 8.82. The largest absolute Gasteiger partial charge is 0.508 e. The summed E-state index contributed by atoms with van der Waals surface area (Å²) < 4.78 is 0. The maximum Gasteiger partial charge on any atom is 0.119 e. The highest BCUT2D eigenvalue weighted by Crippen LogP contribution is 2.51. The normalized spacial score (nSPS) is 28.7. The van der Waals surface area contributed by atoms with Gasteiger partial charge in [0.1, 0.15) is 5.75 Å². The third kappa shape index (κ3) is 2.12. The van der Waals surface area contributed by atoms with E-state index in [1.165, 1.54) is 0 Å². The van der Waals surface area contributed by atoms with Crippen molar-refractivity contribution in [3.63, 3.8) is 0 Å². The van der Waals surface area contributed by atoms with Crippen molar-refractivity contribution in [2.75, 3.05) is 0 Å². The summed E-state index contributed by atoms with van der Waals surface area (Å²) in [6.07, 6.45) is 0.844. The first kappa shape index (κ1) is 16.1. The van der Waals surface area contributed by atoms with Gasteiger partial charge in [0, 0.05) is 27.6 Å². The highest BCUT2D eigenvalue weighted by Gasteiger charge is 2.53. The molecule has 0 bridgehead atoms. The number of hydrogen-bond acceptors (Lipinski definition) is 3. The molecule has 0 saturated heterocycles. The molecule has 1 aliphatic rings. The Morgan fingerprint density at radius 2 is 1.72 bits per heavy atom. The van der Waals surface area contributed by atoms with Gasteiger partial charge in [-0.2, -0.15) is 0 Å². The molecule has 1 aliphatic carbocycles. The number of hydrogen-bond donors (Lipinski definition) is 2. The number of nitrogens with two attached hydrogens (primary N) is 1. The van der Waals surface area contributed by atoms with Gasteiger partial charge in [0.2, 0.25) is 0 Å². The minimum Gasteiger partial charge on any atom is -0.508 e. The van der Waals surface area contributed by atoms with E-state index in [0.717, 1.165) is 34.1 Å². The van der Waals surface area contributed by atoms with Crippen LogP contribution in [0, 0.1) is 5.92 Å². The Morgan fingerprint density at radius 1 is 1.04 bits per heavy atom. The smallest absolute Gasteiger partial charge is 0.119 e.